The molecule has 1 saturated heterocycles. The summed E-state index contributed by atoms with van der Waals surface area (Å²) in [6.45, 7) is 5.84. The minimum atomic E-state index is -0.682. The average molecular weight is 257 g/mol. The van der Waals surface area contributed by atoms with Crippen molar-refractivity contribution in [3.63, 3.8) is 0 Å². The van der Waals surface area contributed by atoms with Gasteiger partial charge >= 0.3 is 0 Å². The molecule has 6 heteroatoms. The van der Waals surface area contributed by atoms with Gasteiger partial charge in [0.05, 0.1) is 12.1 Å². The van der Waals surface area contributed by atoms with Crippen molar-refractivity contribution in [3.05, 3.63) is 0 Å². The van der Waals surface area contributed by atoms with Crippen LogP contribution < -0.4 is 16.4 Å². The summed E-state index contributed by atoms with van der Waals surface area (Å²) in [5.41, 5.74) is 5.66. The molecule has 0 spiro atoms. The van der Waals surface area contributed by atoms with E-state index in [2.05, 4.69) is 10.6 Å². The van der Waals surface area contributed by atoms with Gasteiger partial charge in [-0.2, -0.15) is 0 Å². The standard InChI is InChI=1S/C12H23N3O3/c1-6-7(2)10(15-8(3)16)11(12(17)14-4)18-9(6)5-13/h6-7,9-11H,5,13H2,1-4H3,(H,14,17)(H,15,16)/t6-,7+,9-,10+,11-/m1/s1. The van der Waals surface area contributed by atoms with Crippen molar-refractivity contribution in [1.29, 1.82) is 0 Å². The predicted molar refractivity (Wildman–Crippen MR) is 67.7 cm³/mol. The highest BCUT2D eigenvalue weighted by Crippen LogP contribution is 2.30. The third-order valence-electron chi connectivity index (χ3n) is 3.74. The number of hydrogen-bond donors (Lipinski definition) is 3. The van der Waals surface area contributed by atoms with Gasteiger partial charge < -0.3 is 21.1 Å². The molecule has 0 aliphatic carbocycles. The first kappa shape index (κ1) is 14.9. The van der Waals surface area contributed by atoms with E-state index in [4.69, 9.17) is 10.5 Å². The lowest BCUT2D eigenvalue weighted by Gasteiger charge is -2.44. The van der Waals surface area contributed by atoms with E-state index in [-0.39, 0.29) is 35.8 Å². The van der Waals surface area contributed by atoms with E-state index >= 15 is 0 Å². The Hall–Kier alpha value is -1.14. The number of rotatable bonds is 3. The van der Waals surface area contributed by atoms with Gasteiger partial charge in [0.25, 0.3) is 5.91 Å². The summed E-state index contributed by atoms with van der Waals surface area (Å²) < 4.78 is 5.73. The minimum absolute atomic E-state index is 0.124. The first-order valence-electron chi connectivity index (χ1n) is 6.26. The van der Waals surface area contributed by atoms with E-state index in [9.17, 15) is 9.59 Å². The number of carbonyl (C=O) groups excluding carboxylic acids is 2. The van der Waals surface area contributed by atoms with Crippen LogP contribution in [-0.4, -0.2) is 43.7 Å². The second kappa shape index (κ2) is 6.15. The fourth-order valence-corrected chi connectivity index (χ4v) is 2.42. The van der Waals surface area contributed by atoms with Gasteiger partial charge in [-0.25, -0.2) is 0 Å². The van der Waals surface area contributed by atoms with Crippen LogP contribution >= 0.6 is 0 Å². The number of carbonyl (C=O) groups is 2. The molecule has 2 amide bonds. The Bertz CT molecular complexity index is 322. The molecule has 5 atom stereocenters. The highest BCUT2D eigenvalue weighted by molar-refractivity contribution is 5.83. The number of amides is 2. The van der Waals surface area contributed by atoms with Crippen LogP contribution in [0.1, 0.15) is 20.8 Å². The van der Waals surface area contributed by atoms with E-state index in [1.807, 2.05) is 13.8 Å². The molecule has 0 bridgehead atoms. The molecule has 0 saturated carbocycles. The molecule has 0 aromatic carbocycles. The van der Waals surface area contributed by atoms with E-state index in [0.29, 0.717) is 6.54 Å². The Morgan fingerprint density at radius 1 is 1.28 bits per heavy atom. The van der Waals surface area contributed by atoms with Gasteiger partial charge in [0.15, 0.2) is 6.10 Å². The third-order valence-corrected chi connectivity index (χ3v) is 3.74. The van der Waals surface area contributed by atoms with Gasteiger partial charge in [-0.3, -0.25) is 9.59 Å². The van der Waals surface area contributed by atoms with Crippen LogP contribution in [0.25, 0.3) is 0 Å². The van der Waals surface area contributed by atoms with Crippen LogP contribution in [0, 0.1) is 11.8 Å². The quantitative estimate of drug-likeness (QED) is 0.619. The fraction of sp³-hybridized carbons (Fsp3) is 0.833. The van der Waals surface area contributed by atoms with E-state index in [1.165, 1.54) is 6.92 Å². The monoisotopic (exact) mass is 257 g/mol. The molecule has 0 radical (unpaired) electrons. The molecule has 1 aliphatic rings. The summed E-state index contributed by atoms with van der Waals surface area (Å²) in [5.74, 6) is -0.0834. The average Bonchev–Trinajstić information content (AvgIpc) is 2.34. The van der Waals surface area contributed by atoms with Crippen LogP contribution in [0.15, 0.2) is 0 Å². The van der Waals surface area contributed by atoms with Gasteiger partial charge in [0, 0.05) is 20.5 Å². The second-order valence-corrected chi connectivity index (χ2v) is 4.89. The Labute approximate surface area is 108 Å². The Morgan fingerprint density at radius 2 is 1.89 bits per heavy atom. The van der Waals surface area contributed by atoms with E-state index in [1.54, 1.807) is 7.05 Å². The van der Waals surface area contributed by atoms with Crippen molar-refractivity contribution in [2.24, 2.45) is 17.6 Å². The molecule has 4 N–H and O–H groups in total. The van der Waals surface area contributed by atoms with Gasteiger partial charge in [-0.15, -0.1) is 0 Å². The summed E-state index contributed by atoms with van der Waals surface area (Å²) >= 11 is 0. The molecular formula is C12H23N3O3. The maximum Gasteiger partial charge on any atom is 0.251 e. The van der Waals surface area contributed by atoms with Gasteiger partial charge in [-0.05, 0) is 11.8 Å². The molecule has 18 heavy (non-hydrogen) atoms. The van der Waals surface area contributed by atoms with E-state index in [0.717, 1.165) is 0 Å². The SMILES string of the molecule is CNC(=O)[C@@H]1O[C@H](CN)[C@H](C)[C@H](C)[C@@H]1NC(C)=O. The first-order chi connectivity index (χ1) is 8.42. The Morgan fingerprint density at radius 3 is 2.33 bits per heavy atom. The summed E-state index contributed by atoms with van der Waals surface area (Å²) in [7, 11) is 1.55. The van der Waals surface area contributed by atoms with Crippen LogP contribution in [0.5, 0.6) is 0 Å². The lowest BCUT2D eigenvalue weighted by molar-refractivity contribution is -0.157. The number of hydrogen-bond acceptors (Lipinski definition) is 4. The molecule has 1 fully saturated rings. The summed E-state index contributed by atoms with van der Waals surface area (Å²) in [6, 6.07) is -0.319. The third kappa shape index (κ3) is 3.00. The Balaban J connectivity index is 2.93. The zero-order valence-electron chi connectivity index (χ0n) is 11.4. The largest absolute Gasteiger partial charge is 0.361 e. The number of nitrogens with two attached hydrogens (primary N) is 1. The number of likely N-dealkylation sites (N-methyl/N-ethyl adjacent to an activating group) is 1. The molecule has 104 valence electrons. The van der Waals surface area contributed by atoms with E-state index < -0.39 is 6.10 Å². The lowest BCUT2D eigenvalue weighted by atomic mass is 9.79. The Kier molecular flexibility index (Phi) is 5.10. The maximum absolute atomic E-state index is 11.8. The van der Waals surface area contributed by atoms with Crippen molar-refractivity contribution in [2.45, 2.75) is 39.0 Å². The summed E-state index contributed by atoms with van der Waals surface area (Å²) in [6.07, 6.45) is -0.842. The van der Waals surface area contributed by atoms with Crippen molar-refractivity contribution < 1.29 is 14.3 Å². The van der Waals surface area contributed by atoms with Crippen molar-refractivity contribution in [3.8, 4) is 0 Å². The molecule has 1 rings (SSSR count). The molecule has 0 unspecified atom stereocenters. The van der Waals surface area contributed by atoms with Crippen molar-refractivity contribution >= 4 is 11.8 Å². The molecule has 6 nitrogen and oxygen atoms in total. The number of nitrogens with one attached hydrogen (secondary N) is 2. The van der Waals surface area contributed by atoms with Crippen LogP contribution in [0.4, 0.5) is 0 Å². The normalized spacial score (nSPS) is 35.9. The highest BCUT2D eigenvalue weighted by Gasteiger charge is 2.44. The summed E-state index contributed by atoms with van der Waals surface area (Å²) in [5, 5.41) is 5.37. The fourth-order valence-electron chi connectivity index (χ4n) is 2.42. The molecule has 0 aromatic rings. The smallest absolute Gasteiger partial charge is 0.251 e. The van der Waals surface area contributed by atoms with Gasteiger partial charge in [0.2, 0.25) is 5.91 Å². The number of ether oxygens (including phenoxy) is 1. The first-order valence-corrected chi connectivity index (χ1v) is 6.26. The minimum Gasteiger partial charge on any atom is -0.361 e. The van der Waals surface area contributed by atoms with Gasteiger partial charge in [-0.1, -0.05) is 13.8 Å². The predicted octanol–water partition coefficient (Wildman–Crippen LogP) is -0.765. The van der Waals surface area contributed by atoms with Crippen LogP contribution in [0.3, 0.4) is 0 Å². The zero-order valence-corrected chi connectivity index (χ0v) is 11.4. The maximum atomic E-state index is 11.8. The van der Waals surface area contributed by atoms with Gasteiger partial charge in [0.1, 0.15) is 0 Å². The van der Waals surface area contributed by atoms with Crippen molar-refractivity contribution in [2.75, 3.05) is 13.6 Å². The second-order valence-electron chi connectivity index (χ2n) is 4.89. The lowest BCUT2D eigenvalue weighted by Crippen LogP contribution is -2.62. The van der Waals surface area contributed by atoms with Crippen LogP contribution in [-0.2, 0) is 14.3 Å². The molecular weight excluding hydrogens is 234 g/mol. The van der Waals surface area contributed by atoms with Crippen molar-refractivity contribution in [1.82, 2.24) is 10.6 Å². The molecule has 1 aliphatic heterocycles. The molecule has 1 heterocycles. The van der Waals surface area contributed by atoms with Crippen LogP contribution in [0.2, 0.25) is 0 Å². The summed E-state index contributed by atoms with van der Waals surface area (Å²) in [4.78, 5) is 23.1. The zero-order chi connectivity index (χ0) is 13.9. The topological polar surface area (TPSA) is 93.4 Å². The molecule has 0 aromatic heterocycles. The highest BCUT2D eigenvalue weighted by atomic mass is 16.5.